The highest BCUT2D eigenvalue weighted by Crippen LogP contribution is 2.52. The van der Waals surface area contributed by atoms with Gasteiger partial charge in [-0.15, -0.1) is 0 Å². The van der Waals surface area contributed by atoms with E-state index in [1.807, 2.05) is 30.3 Å². The Balaban J connectivity index is 1.48. The van der Waals surface area contributed by atoms with Crippen molar-refractivity contribution in [2.75, 3.05) is 6.61 Å². The summed E-state index contributed by atoms with van der Waals surface area (Å²) >= 11 is 0. The number of benzene rings is 1. The molecule has 0 radical (unpaired) electrons. The molecule has 1 aromatic carbocycles. The Bertz CT molecular complexity index is 976. The van der Waals surface area contributed by atoms with E-state index in [1.165, 1.54) is 6.20 Å². The van der Waals surface area contributed by atoms with E-state index in [2.05, 4.69) is 10.1 Å². The highest BCUT2D eigenvalue weighted by Gasteiger charge is 2.52. The van der Waals surface area contributed by atoms with Gasteiger partial charge in [-0.1, -0.05) is 30.3 Å². The number of nitrogens with zero attached hydrogens (tertiary/aromatic N) is 1. The summed E-state index contributed by atoms with van der Waals surface area (Å²) in [5.41, 5.74) is -0.394. The van der Waals surface area contributed by atoms with Gasteiger partial charge in [0.25, 0.3) is 5.56 Å². The highest BCUT2D eigenvalue weighted by atomic mass is 31.2. The molecule has 0 unspecified atom stereocenters. The van der Waals surface area contributed by atoms with Crippen LogP contribution < -0.4 is 16.3 Å². The Labute approximate surface area is 153 Å². The SMILES string of the molecule is O=c1ccn([C@@H]2O[C@@H]3CO[P@](=O)(NCc4ccccc4)O[C@H]3[C@H]2O)c(=O)[nH]1. The molecule has 0 bridgehead atoms. The summed E-state index contributed by atoms with van der Waals surface area (Å²) in [6.07, 6.45) is -2.79. The van der Waals surface area contributed by atoms with Gasteiger partial charge in [0.15, 0.2) is 6.23 Å². The van der Waals surface area contributed by atoms with Gasteiger partial charge in [0.1, 0.15) is 18.3 Å². The second-order valence-corrected chi connectivity index (χ2v) is 8.04. The molecule has 11 heteroatoms. The van der Waals surface area contributed by atoms with Gasteiger partial charge in [-0.05, 0) is 5.56 Å². The molecule has 3 heterocycles. The molecule has 10 nitrogen and oxygen atoms in total. The number of fused-ring (bicyclic) bond motifs is 1. The summed E-state index contributed by atoms with van der Waals surface area (Å²) in [6.45, 7) is 0.185. The van der Waals surface area contributed by atoms with E-state index in [1.54, 1.807) is 0 Å². The third-order valence-electron chi connectivity index (χ3n) is 4.42. The summed E-state index contributed by atoms with van der Waals surface area (Å²) in [7, 11) is -3.66. The molecule has 2 saturated heterocycles. The zero-order chi connectivity index (χ0) is 19.0. The number of hydrogen-bond donors (Lipinski definition) is 3. The van der Waals surface area contributed by atoms with Crippen LogP contribution in [0.25, 0.3) is 0 Å². The molecule has 0 aliphatic carbocycles. The van der Waals surface area contributed by atoms with Gasteiger partial charge in [-0.3, -0.25) is 23.4 Å². The third-order valence-corrected chi connectivity index (χ3v) is 5.98. The number of hydrogen-bond acceptors (Lipinski definition) is 7. The van der Waals surface area contributed by atoms with Crippen molar-refractivity contribution in [3.8, 4) is 0 Å². The molecule has 27 heavy (non-hydrogen) atoms. The number of aromatic amines is 1. The standard InChI is InChI=1S/C16H18N3O7P/c20-12-6-7-19(16(22)18-12)15-13(21)14-11(25-15)9-24-27(23,26-14)17-8-10-4-2-1-3-5-10/h1-7,11,13-15,21H,8-9H2,(H,17,23)(H,18,20,22)/t11-,13-,14-,15-,27-/m1/s1. The fourth-order valence-electron chi connectivity index (χ4n) is 3.07. The lowest BCUT2D eigenvalue weighted by molar-refractivity contribution is -0.0623. The number of nitrogens with one attached hydrogen (secondary N) is 2. The van der Waals surface area contributed by atoms with Crippen LogP contribution in [-0.2, 0) is 24.9 Å². The number of H-pyrrole nitrogens is 1. The van der Waals surface area contributed by atoms with Crippen LogP contribution in [0.3, 0.4) is 0 Å². The molecular formula is C16H18N3O7P. The van der Waals surface area contributed by atoms with Crippen molar-refractivity contribution in [2.24, 2.45) is 0 Å². The average Bonchev–Trinajstić information content (AvgIpc) is 2.97. The predicted molar refractivity (Wildman–Crippen MR) is 93.0 cm³/mol. The molecule has 2 aliphatic heterocycles. The van der Waals surface area contributed by atoms with Crippen LogP contribution >= 0.6 is 7.75 Å². The first-order chi connectivity index (χ1) is 13.0. The summed E-state index contributed by atoms with van der Waals surface area (Å²) in [5, 5.41) is 13.3. The van der Waals surface area contributed by atoms with Crippen LogP contribution in [-0.4, -0.2) is 39.6 Å². The first-order valence-electron chi connectivity index (χ1n) is 8.32. The lowest BCUT2D eigenvalue weighted by atomic mass is 10.1. The van der Waals surface area contributed by atoms with Gasteiger partial charge < -0.3 is 9.84 Å². The molecule has 1 aromatic heterocycles. The van der Waals surface area contributed by atoms with Crippen molar-refractivity contribution in [1.82, 2.24) is 14.6 Å². The number of aliphatic hydroxyl groups excluding tert-OH is 1. The second-order valence-electron chi connectivity index (χ2n) is 6.26. The van der Waals surface area contributed by atoms with Crippen molar-refractivity contribution in [3.05, 3.63) is 69.0 Å². The Hall–Kier alpha value is -2.07. The lowest BCUT2D eigenvalue weighted by Gasteiger charge is -2.31. The minimum absolute atomic E-state index is 0.0740. The molecule has 2 fully saturated rings. The first kappa shape index (κ1) is 18.3. The quantitative estimate of drug-likeness (QED) is 0.622. The first-order valence-corrected chi connectivity index (χ1v) is 9.86. The number of aromatic nitrogens is 2. The molecule has 2 aromatic rings. The Kier molecular flexibility index (Phi) is 4.85. The minimum Gasteiger partial charge on any atom is -0.386 e. The molecule has 4 rings (SSSR count). The number of aliphatic hydroxyl groups is 1. The largest absolute Gasteiger partial charge is 0.406 e. The third kappa shape index (κ3) is 3.68. The summed E-state index contributed by atoms with van der Waals surface area (Å²) < 4.78 is 30.3. The summed E-state index contributed by atoms with van der Waals surface area (Å²) in [4.78, 5) is 25.2. The van der Waals surface area contributed by atoms with Gasteiger partial charge in [-0.25, -0.2) is 14.4 Å². The van der Waals surface area contributed by atoms with Crippen LogP contribution in [0.5, 0.6) is 0 Å². The maximum atomic E-state index is 12.8. The van der Waals surface area contributed by atoms with Crippen molar-refractivity contribution >= 4 is 7.75 Å². The van der Waals surface area contributed by atoms with E-state index in [0.29, 0.717) is 0 Å². The fourth-order valence-corrected chi connectivity index (χ4v) is 4.60. The normalized spacial score (nSPS) is 32.9. The zero-order valence-corrected chi connectivity index (χ0v) is 15.0. The van der Waals surface area contributed by atoms with Crippen LogP contribution in [0.2, 0.25) is 0 Å². The molecule has 144 valence electrons. The van der Waals surface area contributed by atoms with E-state index >= 15 is 0 Å². The smallest absolute Gasteiger partial charge is 0.386 e. The maximum Gasteiger partial charge on any atom is 0.406 e. The van der Waals surface area contributed by atoms with E-state index in [0.717, 1.165) is 16.2 Å². The van der Waals surface area contributed by atoms with E-state index in [-0.39, 0.29) is 13.2 Å². The highest BCUT2D eigenvalue weighted by molar-refractivity contribution is 7.51. The van der Waals surface area contributed by atoms with Crippen molar-refractivity contribution in [3.63, 3.8) is 0 Å². The van der Waals surface area contributed by atoms with Gasteiger partial charge in [0.2, 0.25) is 0 Å². The Morgan fingerprint density at radius 3 is 2.78 bits per heavy atom. The monoisotopic (exact) mass is 395 g/mol. The predicted octanol–water partition coefficient (Wildman–Crippen LogP) is 0.108. The molecule has 0 amide bonds. The molecule has 0 spiro atoms. The molecule has 0 saturated carbocycles. The van der Waals surface area contributed by atoms with Crippen molar-refractivity contribution in [1.29, 1.82) is 0 Å². The molecular weight excluding hydrogens is 377 g/mol. The van der Waals surface area contributed by atoms with Crippen LogP contribution in [0, 0.1) is 0 Å². The van der Waals surface area contributed by atoms with Crippen LogP contribution in [0.15, 0.2) is 52.2 Å². The summed E-state index contributed by atoms with van der Waals surface area (Å²) in [6, 6.07) is 10.4. The molecule has 3 N–H and O–H groups in total. The van der Waals surface area contributed by atoms with E-state index in [9.17, 15) is 19.3 Å². The van der Waals surface area contributed by atoms with Crippen molar-refractivity contribution < 1.29 is 23.5 Å². The van der Waals surface area contributed by atoms with E-state index < -0.39 is 43.5 Å². The summed E-state index contributed by atoms with van der Waals surface area (Å²) in [5.74, 6) is 0. The molecule has 5 atom stereocenters. The van der Waals surface area contributed by atoms with Crippen molar-refractivity contribution in [2.45, 2.75) is 31.1 Å². The topological polar surface area (TPSA) is 132 Å². The Morgan fingerprint density at radius 2 is 2.04 bits per heavy atom. The van der Waals surface area contributed by atoms with Gasteiger partial charge in [0, 0.05) is 18.8 Å². The zero-order valence-electron chi connectivity index (χ0n) is 14.1. The van der Waals surface area contributed by atoms with Crippen LogP contribution in [0.4, 0.5) is 0 Å². The van der Waals surface area contributed by atoms with Gasteiger partial charge >= 0.3 is 13.4 Å². The van der Waals surface area contributed by atoms with Gasteiger partial charge in [0.05, 0.1) is 6.61 Å². The van der Waals surface area contributed by atoms with E-state index in [4.69, 9.17) is 13.8 Å². The minimum atomic E-state index is -3.66. The van der Waals surface area contributed by atoms with Crippen LogP contribution in [0.1, 0.15) is 11.8 Å². The Morgan fingerprint density at radius 1 is 1.26 bits per heavy atom. The average molecular weight is 395 g/mol. The maximum absolute atomic E-state index is 12.8. The lowest BCUT2D eigenvalue weighted by Crippen LogP contribution is -2.42. The second kappa shape index (κ2) is 7.16. The molecule has 2 aliphatic rings. The van der Waals surface area contributed by atoms with Gasteiger partial charge in [-0.2, -0.15) is 0 Å². The number of rotatable bonds is 4. The number of ether oxygens (including phenoxy) is 1. The fraction of sp³-hybridized carbons (Fsp3) is 0.375.